The first kappa shape index (κ1) is 11.4. The van der Waals surface area contributed by atoms with Gasteiger partial charge in [0.25, 0.3) is 0 Å². The first-order valence-corrected chi connectivity index (χ1v) is 6.84. The lowest BCUT2D eigenvalue weighted by molar-refractivity contribution is 0.582. The van der Waals surface area contributed by atoms with Crippen LogP contribution in [0.4, 0.5) is 0 Å². The van der Waals surface area contributed by atoms with E-state index in [0.29, 0.717) is 0 Å². The van der Waals surface area contributed by atoms with E-state index in [-0.39, 0.29) is 0 Å². The van der Waals surface area contributed by atoms with Crippen molar-refractivity contribution < 1.29 is 0 Å². The zero-order valence-corrected chi connectivity index (χ0v) is 10.8. The quantitative estimate of drug-likeness (QED) is 0.776. The zero-order chi connectivity index (χ0) is 11.4. The molecule has 0 fully saturated rings. The van der Waals surface area contributed by atoms with Crippen LogP contribution in [0.5, 0.6) is 0 Å². The molecule has 0 aliphatic heterocycles. The van der Waals surface area contributed by atoms with Gasteiger partial charge in [0.2, 0.25) is 0 Å². The standard InChI is InChI=1S/C13H18N2S/c1-3-12-9-13(4-2)15(14-12)7-5-11-6-8-16-10-11/h6,8-10H,3-5,7H2,1-2H3. The number of aromatic nitrogens is 2. The van der Waals surface area contributed by atoms with Crippen LogP contribution >= 0.6 is 11.3 Å². The van der Waals surface area contributed by atoms with Crippen LogP contribution in [0.25, 0.3) is 0 Å². The molecule has 0 aromatic carbocycles. The van der Waals surface area contributed by atoms with Gasteiger partial charge in [-0.2, -0.15) is 16.4 Å². The highest BCUT2D eigenvalue weighted by Crippen LogP contribution is 2.10. The van der Waals surface area contributed by atoms with Crippen molar-refractivity contribution in [2.24, 2.45) is 0 Å². The van der Waals surface area contributed by atoms with E-state index < -0.39 is 0 Å². The van der Waals surface area contributed by atoms with Crippen molar-refractivity contribution in [3.05, 3.63) is 39.8 Å². The van der Waals surface area contributed by atoms with Crippen molar-refractivity contribution in [1.29, 1.82) is 0 Å². The number of rotatable bonds is 5. The Morgan fingerprint density at radius 1 is 1.31 bits per heavy atom. The van der Waals surface area contributed by atoms with Crippen LogP contribution in [-0.4, -0.2) is 9.78 Å². The molecule has 0 unspecified atom stereocenters. The molecule has 0 radical (unpaired) electrons. The third kappa shape index (κ3) is 2.53. The number of hydrogen-bond donors (Lipinski definition) is 0. The molecule has 0 saturated carbocycles. The molecule has 2 aromatic heterocycles. The van der Waals surface area contributed by atoms with E-state index in [9.17, 15) is 0 Å². The van der Waals surface area contributed by atoms with Crippen LogP contribution in [-0.2, 0) is 25.8 Å². The summed E-state index contributed by atoms with van der Waals surface area (Å²) in [5, 5.41) is 8.97. The Morgan fingerprint density at radius 2 is 2.19 bits per heavy atom. The van der Waals surface area contributed by atoms with Gasteiger partial charge in [-0.25, -0.2) is 0 Å². The van der Waals surface area contributed by atoms with Gasteiger partial charge in [-0.1, -0.05) is 13.8 Å². The van der Waals surface area contributed by atoms with Gasteiger partial charge in [-0.3, -0.25) is 4.68 Å². The number of hydrogen-bond acceptors (Lipinski definition) is 2. The van der Waals surface area contributed by atoms with Crippen molar-refractivity contribution in [3.63, 3.8) is 0 Å². The first-order chi connectivity index (χ1) is 7.83. The minimum Gasteiger partial charge on any atom is -0.269 e. The maximum Gasteiger partial charge on any atom is 0.0624 e. The largest absolute Gasteiger partial charge is 0.269 e. The Hall–Kier alpha value is -1.09. The molecule has 3 heteroatoms. The van der Waals surface area contributed by atoms with Gasteiger partial charge >= 0.3 is 0 Å². The highest BCUT2D eigenvalue weighted by Gasteiger charge is 2.05. The van der Waals surface area contributed by atoms with E-state index in [4.69, 9.17) is 0 Å². The van der Waals surface area contributed by atoms with Gasteiger partial charge in [-0.15, -0.1) is 0 Å². The van der Waals surface area contributed by atoms with E-state index >= 15 is 0 Å². The molecular weight excluding hydrogens is 216 g/mol. The summed E-state index contributed by atoms with van der Waals surface area (Å²) in [7, 11) is 0. The molecule has 0 saturated heterocycles. The van der Waals surface area contributed by atoms with E-state index in [1.165, 1.54) is 17.0 Å². The minimum atomic E-state index is 1.000. The molecule has 0 spiro atoms. The van der Waals surface area contributed by atoms with Crippen LogP contribution in [0, 0.1) is 0 Å². The highest BCUT2D eigenvalue weighted by atomic mass is 32.1. The molecule has 0 amide bonds. The summed E-state index contributed by atoms with van der Waals surface area (Å²) < 4.78 is 2.16. The van der Waals surface area contributed by atoms with Crippen molar-refractivity contribution in [2.75, 3.05) is 0 Å². The lowest BCUT2D eigenvalue weighted by atomic mass is 10.2. The Bertz CT molecular complexity index is 429. The maximum atomic E-state index is 4.62. The Kier molecular flexibility index (Phi) is 3.78. The van der Waals surface area contributed by atoms with Gasteiger partial charge in [0.15, 0.2) is 0 Å². The summed E-state index contributed by atoms with van der Waals surface area (Å²) >= 11 is 1.76. The molecule has 2 nitrogen and oxygen atoms in total. The second kappa shape index (κ2) is 5.30. The smallest absolute Gasteiger partial charge is 0.0624 e. The summed E-state index contributed by atoms with van der Waals surface area (Å²) in [6.07, 6.45) is 3.18. The molecule has 16 heavy (non-hydrogen) atoms. The molecule has 2 aromatic rings. The fraction of sp³-hybridized carbons (Fsp3) is 0.462. The minimum absolute atomic E-state index is 1.000. The molecule has 2 rings (SSSR count). The lowest BCUT2D eigenvalue weighted by Gasteiger charge is -2.04. The van der Waals surface area contributed by atoms with Crippen LogP contribution in [0.3, 0.4) is 0 Å². The monoisotopic (exact) mass is 234 g/mol. The van der Waals surface area contributed by atoms with Gasteiger partial charge in [0, 0.05) is 12.2 Å². The van der Waals surface area contributed by atoms with E-state index in [0.717, 1.165) is 25.8 Å². The third-order valence-electron chi connectivity index (χ3n) is 2.83. The topological polar surface area (TPSA) is 17.8 Å². The number of aryl methyl sites for hydroxylation is 4. The van der Waals surface area contributed by atoms with Gasteiger partial charge in [0.1, 0.15) is 0 Å². The number of thiophene rings is 1. The second-order valence-electron chi connectivity index (χ2n) is 3.94. The Balaban J connectivity index is 2.05. The third-order valence-corrected chi connectivity index (χ3v) is 3.56. The second-order valence-corrected chi connectivity index (χ2v) is 4.72. The van der Waals surface area contributed by atoms with E-state index in [1.54, 1.807) is 11.3 Å². The fourth-order valence-electron chi connectivity index (χ4n) is 1.84. The van der Waals surface area contributed by atoms with Crippen molar-refractivity contribution in [2.45, 2.75) is 39.7 Å². The molecular formula is C13H18N2S. The average Bonchev–Trinajstić information content (AvgIpc) is 2.95. The predicted octanol–water partition coefficient (Wildman–Crippen LogP) is 3.31. The van der Waals surface area contributed by atoms with Gasteiger partial charge in [0.05, 0.1) is 5.69 Å². The summed E-state index contributed by atoms with van der Waals surface area (Å²) in [6.45, 7) is 5.35. The van der Waals surface area contributed by atoms with Crippen molar-refractivity contribution in [3.8, 4) is 0 Å². The summed E-state index contributed by atoms with van der Waals surface area (Å²) in [5.41, 5.74) is 3.98. The van der Waals surface area contributed by atoms with E-state index in [2.05, 4.69) is 46.5 Å². The van der Waals surface area contributed by atoms with Gasteiger partial charge in [-0.05, 0) is 47.7 Å². The normalized spacial score (nSPS) is 10.9. The molecule has 0 aliphatic rings. The fourth-order valence-corrected chi connectivity index (χ4v) is 2.54. The highest BCUT2D eigenvalue weighted by molar-refractivity contribution is 7.07. The van der Waals surface area contributed by atoms with Crippen LogP contribution in [0.2, 0.25) is 0 Å². The Labute approximate surface area is 101 Å². The van der Waals surface area contributed by atoms with Crippen molar-refractivity contribution >= 4 is 11.3 Å². The summed E-state index contributed by atoms with van der Waals surface area (Å²) in [4.78, 5) is 0. The van der Waals surface area contributed by atoms with E-state index in [1.807, 2.05) is 0 Å². The van der Waals surface area contributed by atoms with Gasteiger partial charge < -0.3 is 0 Å². The molecule has 0 aliphatic carbocycles. The average molecular weight is 234 g/mol. The van der Waals surface area contributed by atoms with Crippen LogP contribution in [0.1, 0.15) is 30.8 Å². The van der Waals surface area contributed by atoms with Crippen molar-refractivity contribution in [1.82, 2.24) is 9.78 Å². The molecule has 0 bridgehead atoms. The van der Waals surface area contributed by atoms with Crippen LogP contribution in [0.15, 0.2) is 22.9 Å². The zero-order valence-electron chi connectivity index (χ0n) is 9.94. The van der Waals surface area contributed by atoms with Crippen LogP contribution < -0.4 is 0 Å². The maximum absolute atomic E-state index is 4.62. The first-order valence-electron chi connectivity index (χ1n) is 5.90. The Morgan fingerprint density at radius 3 is 2.81 bits per heavy atom. The summed E-state index contributed by atoms with van der Waals surface area (Å²) in [5.74, 6) is 0. The summed E-state index contributed by atoms with van der Waals surface area (Å²) in [6, 6.07) is 4.42. The SMILES string of the molecule is CCc1cc(CC)n(CCc2ccsc2)n1. The molecule has 2 heterocycles. The molecule has 0 atom stereocenters. The number of nitrogens with zero attached hydrogens (tertiary/aromatic N) is 2. The molecule has 86 valence electrons. The lowest BCUT2D eigenvalue weighted by Crippen LogP contribution is -2.06. The predicted molar refractivity (Wildman–Crippen MR) is 69.0 cm³/mol. The molecule has 0 N–H and O–H groups in total.